The molecule has 0 fully saturated rings. The molecule has 0 aliphatic rings. The molecule has 2 nitrogen and oxygen atoms in total. The Labute approximate surface area is 108 Å². The van der Waals surface area contributed by atoms with E-state index in [1.807, 2.05) is 0 Å². The molecule has 0 aromatic heterocycles. The molecule has 5 heteroatoms. The number of hydrogen-bond donors (Lipinski definition) is 1. The Balaban J connectivity index is 2.25. The van der Waals surface area contributed by atoms with E-state index < -0.39 is 23.6 Å². The third-order valence-electron chi connectivity index (χ3n) is 2.56. The summed E-state index contributed by atoms with van der Waals surface area (Å²) in [5.41, 5.74) is 0.398. The summed E-state index contributed by atoms with van der Waals surface area (Å²) >= 11 is 0. The van der Waals surface area contributed by atoms with Gasteiger partial charge in [-0.3, -0.25) is 0 Å². The summed E-state index contributed by atoms with van der Waals surface area (Å²) in [7, 11) is 0. The number of halogens is 3. The van der Waals surface area contributed by atoms with E-state index in [0.29, 0.717) is 5.56 Å². The smallest absolute Gasteiger partial charge is 0.166 e. The van der Waals surface area contributed by atoms with E-state index in [1.54, 1.807) is 0 Å². The summed E-state index contributed by atoms with van der Waals surface area (Å²) < 4.78 is 44.5. The minimum absolute atomic E-state index is 0.0115. The lowest BCUT2D eigenvalue weighted by atomic mass is 10.1. The van der Waals surface area contributed by atoms with Gasteiger partial charge in [-0.15, -0.1) is 0 Å². The van der Waals surface area contributed by atoms with Crippen LogP contribution in [0.4, 0.5) is 13.2 Å². The van der Waals surface area contributed by atoms with Crippen molar-refractivity contribution in [2.24, 2.45) is 0 Å². The van der Waals surface area contributed by atoms with Gasteiger partial charge in [0.1, 0.15) is 5.75 Å². The summed E-state index contributed by atoms with van der Waals surface area (Å²) in [4.78, 5) is 0. The monoisotopic (exact) mass is 268 g/mol. The Kier molecular flexibility index (Phi) is 3.76. The Morgan fingerprint density at radius 3 is 2.26 bits per heavy atom. The van der Waals surface area contributed by atoms with Crippen LogP contribution in [0, 0.1) is 17.5 Å². The van der Waals surface area contributed by atoms with Gasteiger partial charge in [0, 0.05) is 6.07 Å². The van der Waals surface area contributed by atoms with Gasteiger partial charge >= 0.3 is 0 Å². The van der Waals surface area contributed by atoms with Crippen molar-refractivity contribution in [2.75, 3.05) is 0 Å². The van der Waals surface area contributed by atoms with Crippen molar-refractivity contribution in [3.05, 3.63) is 59.4 Å². The van der Waals surface area contributed by atoms with Crippen molar-refractivity contribution in [2.45, 2.75) is 13.0 Å². The van der Waals surface area contributed by atoms with Crippen molar-refractivity contribution >= 4 is 0 Å². The van der Waals surface area contributed by atoms with Gasteiger partial charge < -0.3 is 9.84 Å². The molecule has 0 saturated carbocycles. The molecule has 2 rings (SSSR count). The van der Waals surface area contributed by atoms with Crippen molar-refractivity contribution in [1.82, 2.24) is 0 Å². The van der Waals surface area contributed by atoms with Crippen LogP contribution in [0.15, 0.2) is 36.4 Å². The molecule has 1 atom stereocenters. The van der Waals surface area contributed by atoms with Crippen molar-refractivity contribution in [1.29, 1.82) is 0 Å². The zero-order valence-corrected chi connectivity index (χ0v) is 10.0. The van der Waals surface area contributed by atoms with Crippen LogP contribution in [0.5, 0.6) is 11.5 Å². The molecule has 100 valence electrons. The molecule has 2 aromatic rings. The van der Waals surface area contributed by atoms with Crippen molar-refractivity contribution < 1.29 is 23.0 Å². The predicted octanol–water partition coefficient (Wildman–Crippen LogP) is 3.95. The van der Waals surface area contributed by atoms with Crippen LogP contribution in [-0.4, -0.2) is 5.11 Å². The van der Waals surface area contributed by atoms with Crippen LogP contribution >= 0.6 is 0 Å². The van der Waals surface area contributed by atoms with E-state index in [4.69, 9.17) is 4.74 Å². The van der Waals surface area contributed by atoms with E-state index in [0.717, 1.165) is 18.2 Å². The average molecular weight is 268 g/mol. The summed E-state index contributed by atoms with van der Waals surface area (Å²) in [6.07, 6.45) is -0.799. The van der Waals surface area contributed by atoms with Crippen LogP contribution in [0.3, 0.4) is 0 Å². The summed E-state index contributed by atoms with van der Waals surface area (Å²) in [6.45, 7) is 1.50. The lowest BCUT2D eigenvalue weighted by molar-refractivity contribution is 0.198. The Morgan fingerprint density at radius 1 is 0.947 bits per heavy atom. The fourth-order valence-corrected chi connectivity index (χ4v) is 1.53. The maximum atomic E-state index is 13.7. The fourth-order valence-electron chi connectivity index (χ4n) is 1.53. The van der Waals surface area contributed by atoms with Gasteiger partial charge in [0.15, 0.2) is 23.2 Å². The van der Waals surface area contributed by atoms with Gasteiger partial charge in [-0.05, 0) is 36.8 Å². The summed E-state index contributed by atoms with van der Waals surface area (Å²) in [6, 6.07) is 6.85. The summed E-state index contributed by atoms with van der Waals surface area (Å²) in [5.74, 6) is -2.91. The number of rotatable bonds is 3. The molecule has 1 N–H and O–H groups in total. The first-order valence-electron chi connectivity index (χ1n) is 5.58. The molecule has 0 bridgehead atoms. The van der Waals surface area contributed by atoms with Gasteiger partial charge in [-0.1, -0.05) is 6.07 Å². The van der Waals surface area contributed by atoms with E-state index in [9.17, 15) is 18.3 Å². The molecular formula is C14H11F3O2. The minimum Gasteiger partial charge on any atom is -0.454 e. The van der Waals surface area contributed by atoms with Crippen molar-refractivity contribution in [3.63, 3.8) is 0 Å². The molecule has 0 aliphatic carbocycles. The van der Waals surface area contributed by atoms with E-state index in [-0.39, 0.29) is 11.5 Å². The molecule has 0 radical (unpaired) electrons. The predicted molar refractivity (Wildman–Crippen MR) is 63.5 cm³/mol. The quantitative estimate of drug-likeness (QED) is 0.913. The van der Waals surface area contributed by atoms with Gasteiger partial charge in [0.25, 0.3) is 0 Å². The normalized spacial score (nSPS) is 12.3. The largest absolute Gasteiger partial charge is 0.454 e. The van der Waals surface area contributed by atoms with E-state index in [2.05, 4.69) is 0 Å². The molecular weight excluding hydrogens is 257 g/mol. The van der Waals surface area contributed by atoms with Crippen LogP contribution < -0.4 is 4.74 Å². The van der Waals surface area contributed by atoms with Crippen LogP contribution in [0.2, 0.25) is 0 Å². The Hall–Kier alpha value is -2.01. The second kappa shape index (κ2) is 5.32. The first-order valence-corrected chi connectivity index (χ1v) is 5.58. The number of ether oxygens (including phenoxy) is 1. The molecule has 0 spiro atoms. The highest BCUT2D eigenvalue weighted by Crippen LogP contribution is 2.27. The Morgan fingerprint density at radius 2 is 1.68 bits per heavy atom. The first-order chi connectivity index (χ1) is 8.97. The van der Waals surface area contributed by atoms with Gasteiger partial charge in [-0.25, -0.2) is 13.2 Å². The highest BCUT2D eigenvalue weighted by Gasteiger charge is 2.10. The molecule has 0 saturated heterocycles. The van der Waals surface area contributed by atoms with Gasteiger partial charge in [-0.2, -0.15) is 0 Å². The second-order valence-corrected chi connectivity index (χ2v) is 4.04. The van der Waals surface area contributed by atoms with E-state index in [1.165, 1.54) is 25.1 Å². The molecule has 19 heavy (non-hydrogen) atoms. The second-order valence-electron chi connectivity index (χ2n) is 4.04. The molecule has 2 aromatic carbocycles. The number of benzene rings is 2. The lowest BCUT2D eigenvalue weighted by Gasteiger charge is -2.10. The Bertz CT molecular complexity index is 597. The zero-order valence-electron chi connectivity index (χ0n) is 10.0. The molecule has 0 heterocycles. The standard InChI is InChI=1S/C14H11F3O2/c1-8(18)9-2-5-14(13(17)6-9)19-10-3-4-11(15)12(16)7-10/h2-8,18H,1H3. The SMILES string of the molecule is CC(O)c1ccc(Oc2ccc(F)c(F)c2)c(F)c1. The van der Waals surface area contributed by atoms with E-state index >= 15 is 0 Å². The molecule has 1 unspecified atom stereocenters. The molecule has 0 amide bonds. The topological polar surface area (TPSA) is 29.5 Å². The van der Waals surface area contributed by atoms with Crippen LogP contribution in [0.1, 0.15) is 18.6 Å². The van der Waals surface area contributed by atoms with Crippen molar-refractivity contribution in [3.8, 4) is 11.5 Å². The third kappa shape index (κ3) is 3.06. The number of aliphatic hydroxyl groups excluding tert-OH is 1. The number of hydrogen-bond acceptors (Lipinski definition) is 2. The summed E-state index contributed by atoms with van der Waals surface area (Å²) in [5, 5.41) is 9.30. The molecule has 0 aliphatic heterocycles. The maximum absolute atomic E-state index is 13.7. The number of aliphatic hydroxyl groups is 1. The third-order valence-corrected chi connectivity index (χ3v) is 2.56. The highest BCUT2D eigenvalue weighted by molar-refractivity contribution is 5.35. The minimum atomic E-state index is -1.07. The highest BCUT2D eigenvalue weighted by atomic mass is 19.2. The first kappa shape index (κ1) is 13.4. The van der Waals surface area contributed by atoms with Crippen LogP contribution in [-0.2, 0) is 0 Å². The fraction of sp³-hybridized carbons (Fsp3) is 0.143. The van der Waals surface area contributed by atoms with Gasteiger partial charge in [0.05, 0.1) is 6.10 Å². The van der Waals surface area contributed by atoms with Gasteiger partial charge in [0.2, 0.25) is 0 Å². The maximum Gasteiger partial charge on any atom is 0.166 e. The zero-order chi connectivity index (χ0) is 14.0. The lowest BCUT2D eigenvalue weighted by Crippen LogP contribution is -1.95. The van der Waals surface area contributed by atoms with Crippen LogP contribution in [0.25, 0.3) is 0 Å². The average Bonchev–Trinajstić information content (AvgIpc) is 2.36.